The lowest BCUT2D eigenvalue weighted by molar-refractivity contribution is 0.114. The van der Waals surface area contributed by atoms with E-state index >= 15 is 0 Å². The average molecular weight is 198 g/mol. The molecule has 0 radical (unpaired) electrons. The number of rotatable bonds is 5. The molecule has 1 aliphatic rings. The van der Waals surface area contributed by atoms with Gasteiger partial charge in [0, 0.05) is 12.1 Å². The lowest BCUT2D eigenvalue weighted by atomic mass is 10.0. The van der Waals surface area contributed by atoms with Gasteiger partial charge in [-0.1, -0.05) is 13.8 Å². The molecular weight excluding hydrogens is 172 g/mol. The van der Waals surface area contributed by atoms with Crippen molar-refractivity contribution in [3.63, 3.8) is 0 Å². The Morgan fingerprint density at radius 1 is 1.29 bits per heavy atom. The highest BCUT2D eigenvalue weighted by Gasteiger charge is 2.23. The summed E-state index contributed by atoms with van der Waals surface area (Å²) in [7, 11) is 0. The molecule has 0 saturated carbocycles. The van der Waals surface area contributed by atoms with Crippen LogP contribution >= 0.6 is 0 Å². The Kier molecular flexibility index (Phi) is 5.49. The molecule has 2 heteroatoms. The Labute approximate surface area is 89.1 Å². The Balaban J connectivity index is 2.46. The van der Waals surface area contributed by atoms with Crippen LogP contribution in [-0.4, -0.2) is 36.6 Å². The van der Waals surface area contributed by atoms with E-state index in [2.05, 4.69) is 31.0 Å². The van der Waals surface area contributed by atoms with Gasteiger partial charge in [0.25, 0.3) is 0 Å². The zero-order valence-electron chi connectivity index (χ0n) is 10.1. The zero-order chi connectivity index (χ0) is 10.4. The molecule has 1 atom stereocenters. The maximum Gasteiger partial charge on any atom is 0.0122 e. The molecule has 1 rings (SSSR count). The standard InChI is InChI=1S/C12H26N2/c1-4-10-14(11(3)5-2)12-6-8-13-9-7-12/h11-13H,4-10H2,1-3H3. The Hall–Kier alpha value is -0.0800. The first kappa shape index (κ1) is 12.0. The summed E-state index contributed by atoms with van der Waals surface area (Å²) < 4.78 is 0. The molecule has 1 unspecified atom stereocenters. The predicted molar refractivity (Wildman–Crippen MR) is 62.6 cm³/mol. The molecule has 0 aliphatic carbocycles. The van der Waals surface area contributed by atoms with E-state index in [1.807, 2.05) is 0 Å². The van der Waals surface area contributed by atoms with Crippen molar-refractivity contribution in [2.75, 3.05) is 19.6 Å². The van der Waals surface area contributed by atoms with Gasteiger partial charge in [0.2, 0.25) is 0 Å². The van der Waals surface area contributed by atoms with Crippen LogP contribution in [0.3, 0.4) is 0 Å². The molecule has 0 aromatic carbocycles. The van der Waals surface area contributed by atoms with E-state index in [1.54, 1.807) is 0 Å². The molecule has 1 N–H and O–H groups in total. The number of hydrogen-bond donors (Lipinski definition) is 1. The number of piperidine rings is 1. The Morgan fingerprint density at radius 2 is 1.93 bits per heavy atom. The van der Waals surface area contributed by atoms with E-state index in [1.165, 1.54) is 45.3 Å². The van der Waals surface area contributed by atoms with Crippen molar-refractivity contribution < 1.29 is 0 Å². The van der Waals surface area contributed by atoms with Crippen molar-refractivity contribution >= 4 is 0 Å². The van der Waals surface area contributed by atoms with Crippen molar-refractivity contribution in [3.05, 3.63) is 0 Å². The topological polar surface area (TPSA) is 15.3 Å². The van der Waals surface area contributed by atoms with Crippen LogP contribution in [0.15, 0.2) is 0 Å². The molecule has 84 valence electrons. The van der Waals surface area contributed by atoms with E-state index in [4.69, 9.17) is 0 Å². The molecule has 2 nitrogen and oxygen atoms in total. The van der Waals surface area contributed by atoms with Crippen LogP contribution in [0.4, 0.5) is 0 Å². The van der Waals surface area contributed by atoms with Crippen LogP contribution in [0.25, 0.3) is 0 Å². The first-order chi connectivity index (χ1) is 6.79. The van der Waals surface area contributed by atoms with Gasteiger partial charge in [0.05, 0.1) is 0 Å². The predicted octanol–water partition coefficient (Wildman–Crippen LogP) is 2.25. The lowest BCUT2D eigenvalue weighted by Gasteiger charge is -2.38. The molecular formula is C12H26N2. The second-order valence-corrected chi connectivity index (χ2v) is 4.48. The number of nitrogens with zero attached hydrogens (tertiary/aromatic N) is 1. The quantitative estimate of drug-likeness (QED) is 0.729. The van der Waals surface area contributed by atoms with Gasteiger partial charge < -0.3 is 5.32 Å². The van der Waals surface area contributed by atoms with Crippen molar-refractivity contribution in [2.45, 2.75) is 58.5 Å². The highest BCUT2D eigenvalue weighted by Crippen LogP contribution is 2.17. The fourth-order valence-electron chi connectivity index (χ4n) is 2.39. The highest BCUT2D eigenvalue weighted by molar-refractivity contribution is 4.80. The highest BCUT2D eigenvalue weighted by atomic mass is 15.2. The van der Waals surface area contributed by atoms with Crippen LogP contribution in [0.2, 0.25) is 0 Å². The fraction of sp³-hybridized carbons (Fsp3) is 1.00. The van der Waals surface area contributed by atoms with Crippen LogP contribution in [0.5, 0.6) is 0 Å². The SMILES string of the molecule is CCCN(C(C)CC)C1CCNCC1. The maximum atomic E-state index is 3.44. The van der Waals surface area contributed by atoms with Gasteiger partial charge in [0.1, 0.15) is 0 Å². The van der Waals surface area contributed by atoms with E-state index in [0.717, 1.165) is 12.1 Å². The molecule has 0 bridgehead atoms. The summed E-state index contributed by atoms with van der Waals surface area (Å²) in [6.07, 6.45) is 5.24. The van der Waals surface area contributed by atoms with Gasteiger partial charge in [-0.2, -0.15) is 0 Å². The fourth-order valence-corrected chi connectivity index (χ4v) is 2.39. The van der Waals surface area contributed by atoms with Crippen molar-refractivity contribution in [3.8, 4) is 0 Å². The minimum atomic E-state index is 0.762. The third kappa shape index (κ3) is 3.25. The lowest BCUT2D eigenvalue weighted by Crippen LogP contribution is -2.47. The van der Waals surface area contributed by atoms with Crippen LogP contribution < -0.4 is 5.32 Å². The van der Waals surface area contributed by atoms with Crippen molar-refractivity contribution in [1.82, 2.24) is 10.2 Å². The largest absolute Gasteiger partial charge is 0.317 e. The summed E-state index contributed by atoms with van der Waals surface area (Å²) in [5.74, 6) is 0. The van der Waals surface area contributed by atoms with Gasteiger partial charge in [-0.3, -0.25) is 4.90 Å². The molecule has 0 spiro atoms. The minimum Gasteiger partial charge on any atom is -0.317 e. The molecule has 14 heavy (non-hydrogen) atoms. The molecule has 0 amide bonds. The summed E-state index contributed by atoms with van der Waals surface area (Å²) in [4.78, 5) is 2.72. The number of nitrogens with one attached hydrogen (secondary N) is 1. The monoisotopic (exact) mass is 198 g/mol. The van der Waals surface area contributed by atoms with Gasteiger partial charge >= 0.3 is 0 Å². The first-order valence-corrected chi connectivity index (χ1v) is 6.26. The molecule has 1 heterocycles. The normalized spacial score (nSPS) is 21.4. The third-order valence-electron chi connectivity index (χ3n) is 3.42. The van der Waals surface area contributed by atoms with Crippen molar-refractivity contribution in [2.24, 2.45) is 0 Å². The average Bonchev–Trinajstić information content (AvgIpc) is 2.26. The third-order valence-corrected chi connectivity index (χ3v) is 3.42. The Morgan fingerprint density at radius 3 is 2.43 bits per heavy atom. The van der Waals surface area contributed by atoms with Crippen LogP contribution in [0.1, 0.15) is 46.5 Å². The summed E-state index contributed by atoms with van der Waals surface area (Å²) >= 11 is 0. The van der Waals surface area contributed by atoms with E-state index in [9.17, 15) is 0 Å². The van der Waals surface area contributed by atoms with Gasteiger partial charge in [-0.15, -0.1) is 0 Å². The second kappa shape index (κ2) is 6.41. The summed E-state index contributed by atoms with van der Waals surface area (Å²) in [5, 5.41) is 3.44. The summed E-state index contributed by atoms with van der Waals surface area (Å²) in [6.45, 7) is 10.7. The van der Waals surface area contributed by atoms with Crippen LogP contribution in [0, 0.1) is 0 Å². The van der Waals surface area contributed by atoms with E-state index in [0.29, 0.717) is 0 Å². The summed E-state index contributed by atoms with van der Waals surface area (Å²) in [5.41, 5.74) is 0. The number of hydrogen-bond acceptors (Lipinski definition) is 2. The van der Waals surface area contributed by atoms with Crippen LogP contribution in [-0.2, 0) is 0 Å². The molecule has 1 aliphatic heterocycles. The summed E-state index contributed by atoms with van der Waals surface area (Å²) in [6, 6.07) is 1.60. The van der Waals surface area contributed by atoms with Crippen molar-refractivity contribution in [1.29, 1.82) is 0 Å². The van der Waals surface area contributed by atoms with Gasteiger partial charge in [-0.05, 0) is 52.2 Å². The molecule has 0 aromatic rings. The van der Waals surface area contributed by atoms with Gasteiger partial charge in [0.15, 0.2) is 0 Å². The molecule has 1 fully saturated rings. The van der Waals surface area contributed by atoms with Gasteiger partial charge in [-0.25, -0.2) is 0 Å². The van der Waals surface area contributed by atoms with E-state index in [-0.39, 0.29) is 0 Å². The molecule has 0 aromatic heterocycles. The minimum absolute atomic E-state index is 0.762. The smallest absolute Gasteiger partial charge is 0.0122 e. The van der Waals surface area contributed by atoms with E-state index < -0.39 is 0 Å². The second-order valence-electron chi connectivity index (χ2n) is 4.48. The first-order valence-electron chi connectivity index (χ1n) is 6.26. The maximum absolute atomic E-state index is 3.44. The zero-order valence-corrected chi connectivity index (χ0v) is 10.1. The Bertz CT molecular complexity index is 141. The molecule has 1 saturated heterocycles.